The van der Waals surface area contributed by atoms with Gasteiger partial charge in [0.1, 0.15) is 0 Å². The minimum Gasteiger partial charge on any atom is -0.493 e. The largest absolute Gasteiger partial charge is 0.493 e. The molecule has 0 bridgehead atoms. The lowest BCUT2D eigenvalue weighted by molar-refractivity contribution is 0.0914. The van der Waals surface area contributed by atoms with E-state index in [0.29, 0.717) is 28.8 Å². The molecule has 0 aliphatic rings. The number of halogens is 1. The van der Waals surface area contributed by atoms with Crippen molar-refractivity contribution in [2.75, 3.05) is 14.2 Å². The number of methoxy groups -OCH3 is 2. The van der Waals surface area contributed by atoms with Crippen molar-refractivity contribution in [3.05, 3.63) is 70.4 Å². The first-order valence-electron chi connectivity index (χ1n) is 8.15. The van der Waals surface area contributed by atoms with Crippen molar-refractivity contribution in [2.24, 2.45) is 0 Å². The summed E-state index contributed by atoms with van der Waals surface area (Å²) in [7, 11) is 3.14. The van der Waals surface area contributed by atoms with Gasteiger partial charge >= 0.3 is 11.8 Å². The molecule has 1 N–H and O–H groups in total. The Hall–Kier alpha value is -3.06. The Morgan fingerprint density at radius 1 is 1.11 bits per heavy atom. The minimum atomic E-state index is -0.457. The average molecular weight is 388 g/mol. The van der Waals surface area contributed by atoms with Crippen LogP contribution in [0.25, 0.3) is 0 Å². The molecule has 3 aromatic rings. The molecular weight excluding hydrogens is 370 g/mol. The lowest BCUT2D eigenvalue weighted by Crippen LogP contribution is -2.23. The van der Waals surface area contributed by atoms with Crippen LogP contribution in [-0.4, -0.2) is 30.3 Å². The highest BCUT2D eigenvalue weighted by molar-refractivity contribution is 6.31. The Bertz CT molecular complexity index is 942. The molecule has 140 valence electrons. The predicted molar refractivity (Wildman–Crippen MR) is 99.3 cm³/mol. The van der Waals surface area contributed by atoms with Gasteiger partial charge in [-0.15, -0.1) is 10.2 Å². The van der Waals surface area contributed by atoms with E-state index in [1.807, 2.05) is 30.3 Å². The number of amides is 1. The molecule has 0 saturated carbocycles. The number of nitrogens with one attached hydrogen (secondary N) is 1. The lowest BCUT2D eigenvalue weighted by atomic mass is 10.1. The second kappa shape index (κ2) is 8.55. The van der Waals surface area contributed by atoms with Crippen molar-refractivity contribution >= 4 is 17.5 Å². The van der Waals surface area contributed by atoms with Gasteiger partial charge in [0.2, 0.25) is 5.89 Å². The monoisotopic (exact) mass is 387 g/mol. The van der Waals surface area contributed by atoms with Gasteiger partial charge in [-0.2, -0.15) is 0 Å². The van der Waals surface area contributed by atoms with Crippen LogP contribution < -0.4 is 14.8 Å². The number of hydrogen-bond acceptors (Lipinski definition) is 6. The SMILES string of the molecule is COc1ccc(Cc2nnc(C(=O)NCc3ccccc3Cl)o2)cc1OC. The van der Waals surface area contributed by atoms with Gasteiger partial charge in [-0.05, 0) is 29.3 Å². The van der Waals surface area contributed by atoms with E-state index < -0.39 is 5.91 Å². The predicted octanol–water partition coefficient (Wildman–Crippen LogP) is 3.26. The van der Waals surface area contributed by atoms with Gasteiger partial charge in [-0.1, -0.05) is 35.9 Å². The van der Waals surface area contributed by atoms with Crippen molar-refractivity contribution in [2.45, 2.75) is 13.0 Å². The second-order valence-electron chi connectivity index (χ2n) is 5.64. The molecule has 0 radical (unpaired) electrons. The molecule has 8 heteroatoms. The average Bonchev–Trinajstić information content (AvgIpc) is 3.15. The number of nitrogens with zero attached hydrogens (tertiary/aromatic N) is 2. The van der Waals surface area contributed by atoms with Crippen LogP contribution in [0.1, 0.15) is 27.7 Å². The summed E-state index contributed by atoms with van der Waals surface area (Å²) < 4.78 is 15.9. The summed E-state index contributed by atoms with van der Waals surface area (Å²) in [5, 5.41) is 11.0. The topological polar surface area (TPSA) is 86.5 Å². The van der Waals surface area contributed by atoms with Crippen LogP contribution in [0.3, 0.4) is 0 Å². The Balaban J connectivity index is 1.64. The molecule has 2 aromatic carbocycles. The van der Waals surface area contributed by atoms with Crippen molar-refractivity contribution < 1.29 is 18.7 Å². The zero-order chi connectivity index (χ0) is 19.2. The summed E-state index contributed by atoms with van der Waals surface area (Å²) in [6.45, 7) is 0.270. The first-order chi connectivity index (χ1) is 13.1. The van der Waals surface area contributed by atoms with Crippen LogP contribution >= 0.6 is 11.6 Å². The third kappa shape index (κ3) is 4.57. The molecule has 1 aromatic heterocycles. The standard InChI is InChI=1S/C19H18ClN3O4/c1-25-15-8-7-12(9-16(15)26-2)10-17-22-23-19(27-17)18(24)21-11-13-5-3-4-6-14(13)20/h3-9H,10-11H2,1-2H3,(H,21,24). The van der Waals surface area contributed by atoms with E-state index in [1.165, 1.54) is 0 Å². The maximum Gasteiger partial charge on any atom is 0.309 e. The first kappa shape index (κ1) is 18.7. The zero-order valence-corrected chi connectivity index (χ0v) is 15.6. The number of ether oxygens (including phenoxy) is 2. The Morgan fingerprint density at radius 3 is 2.63 bits per heavy atom. The summed E-state index contributed by atoms with van der Waals surface area (Å²) in [6, 6.07) is 12.7. The van der Waals surface area contributed by atoms with Crippen molar-refractivity contribution in [3.63, 3.8) is 0 Å². The molecule has 3 rings (SSSR count). The fourth-order valence-electron chi connectivity index (χ4n) is 2.47. The normalized spacial score (nSPS) is 10.5. The number of benzene rings is 2. The number of rotatable bonds is 7. The molecule has 1 heterocycles. The van der Waals surface area contributed by atoms with Gasteiger partial charge < -0.3 is 19.2 Å². The molecule has 1 amide bonds. The maximum atomic E-state index is 12.2. The van der Waals surface area contributed by atoms with E-state index in [-0.39, 0.29) is 12.4 Å². The van der Waals surface area contributed by atoms with Gasteiger partial charge in [0.05, 0.1) is 20.6 Å². The van der Waals surface area contributed by atoms with Crippen molar-refractivity contribution in [1.82, 2.24) is 15.5 Å². The number of aromatic nitrogens is 2. The fraction of sp³-hybridized carbons (Fsp3) is 0.211. The van der Waals surface area contributed by atoms with E-state index in [2.05, 4.69) is 15.5 Å². The summed E-state index contributed by atoms with van der Waals surface area (Å²) in [5.41, 5.74) is 1.69. The van der Waals surface area contributed by atoms with Crippen LogP contribution in [0.4, 0.5) is 0 Å². The van der Waals surface area contributed by atoms with E-state index in [0.717, 1.165) is 11.1 Å². The molecule has 0 fully saturated rings. The second-order valence-corrected chi connectivity index (χ2v) is 6.05. The summed E-state index contributed by atoms with van der Waals surface area (Å²) in [4.78, 5) is 12.2. The van der Waals surface area contributed by atoms with Gasteiger partial charge in [-0.3, -0.25) is 4.79 Å². The zero-order valence-electron chi connectivity index (χ0n) is 14.9. The molecule has 7 nitrogen and oxygen atoms in total. The smallest absolute Gasteiger partial charge is 0.309 e. The first-order valence-corrected chi connectivity index (χ1v) is 8.53. The highest BCUT2D eigenvalue weighted by Gasteiger charge is 2.16. The number of carbonyl (C=O) groups excluding carboxylic acids is 1. The van der Waals surface area contributed by atoms with Crippen LogP contribution in [0.5, 0.6) is 11.5 Å². The highest BCUT2D eigenvalue weighted by atomic mass is 35.5. The summed E-state index contributed by atoms with van der Waals surface area (Å²) >= 11 is 6.07. The molecule has 0 aliphatic carbocycles. The molecule has 0 unspecified atom stereocenters. The molecular formula is C19H18ClN3O4. The fourth-order valence-corrected chi connectivity index (χ4v) is 2.68. The third-order valence-electron chi connectivity index (χ3n) is 3.86. The molecule has 27 heavy (non-hydrogen) atoms. The van der Waals surface area contributed by atoms with Crippen LogP contribution in [0, 0.1) is 0 Å². The number of hydrogen-bond donors (Lipinski definition) is 1. The molecule has 0 atom stereocenters. The van der Waals surface area contributed by atoms with Gasteiger partial charge in [0.15, 0.2) is 11.5 Å². The third-order valence-corrected chi connectivity index (χ3v) is 4.23. The van der Waals surface area contributed by atoms with Crippen molar-refractivity contribution in [1.29, 1.82) is 0 Å². The van der Waals surface area contributed by atoms with Crippen LogP contribution in [0.15, 0.2) is 46.9 Å². The summed E-state index contributed by atoms with van der Waals surface area (Å²) in [5.74, 6) is 1.00. The lowest BCUT2D eigenvalue weighted by Gasteiger charge is -2.08. The van der Waals surface area contributed by atoms with Gasteiger partial charge in [-0.25, -0.2) is 0 Å². The van der Waals surface area contributed by atoms with Crippen LogP contribution in [0.2, 0.25) is 5.02 Å². The van der Waals surface area contributed by atoms with E-state index in [9.17, 15) is 4.79 Å². The Kier molecular flexibility index (Phi) is 5.93. The summed E-state index contributed by atoms with van der Waals surface area (Å²) in [6.07, 6.45) is 0.366. The van der Waals surface area contributed by atoms with E-state index in [4.69, 9.17) is 25.5 Å². The maximum absolute atomic E-state index is 12.2. The van der Waals surface area contributed by atoms with Gasteiger partial charge in [0, 0.05) is 11.6 Å². The highest BCUT2D eigenvalue weighted by Crippen LogP contribution is 2.28. The van der Waals surface area contributed by atoms with Gasteiger partial charge in [0.25, 0.3) is 0 Å². The van der Waals surface area contributed by atoms with Crippen molar-refractivity contribution in [3.8, 4) is 11.5 Å². The Morgan fingerprint density at radius 2 is 1.89 bits per heavy atom. The molecule has 0 saturated heterocycles. The molecule has 0 spiro atoms. The molecule has 0 aliphatic heterocycles. The minimum absolute atomic E-state index is 0.0995. The van der Waals surface area contributed by atoms with E-state index in [1.54, 1.807) is 26.4 Å². The van der Waals surface area contributed by atoms with Crippen LogP contribution in [-0.2, 0) is 13.0 Å². The van der Waals surface area contributed by atoms with E-state index >= 15 is 0 Å². The quantitative estimate of drug-likeness (QED) is 0.669. The number of carbonyl (C=O) groups is 1. The Labute approximate surface area is 161 Å².